The van der Waals surface area contributed by atoms with Crippen LogP contribution in [0.5, 0.6) is 0 Å². The highest BCUT2D eigenvalue weighted by Gasteiger charge is 2.31. The minimum absolute atomic E-state index is 0.111. The van der Waals surface area contributed by atoms with Gasteiger partial charge in [-0.05, 0) is 32.9 Å². The first-order valence-corrected chi connectivity index (χ1v) is 8.47. The molecule has 1 aromatic heterocycles. The van der Waals surface area contributed by atoms with E-state index in [1.807, 2.05) is 26.8 Å². The summed E-state index contributed by atoms with van der Waals surface area (Å²) in [6.07, 6.45) is 0.723. The van der Waals surface area contributed by atoms with Crippen LogP contribution in [0.2, 0.25) is 0 Å². The van der Waals surface area contributed by atoms with Crippen molar-refractivity contribution in [1.29, 1.82) is 0 Å². The van der Waals surface area contributed by atoms with E-state index in [1.165, 1.54) is 0 Å². The monoisotopic (exact) mass is 283 g/mol. The SMILES string of the molecule is CCN(Cc1nc(C)cc(C)n1)[C@@H]1CCS(=O)(=O)C1. The molecule has 1 fully saturated rings. The van der Waals surface area contributed by atoms with E-state index in [2.05, 4.69) is 14.9 Å². The van der Waals surface area contributed by atoms with Gasteiger partial charge < -0.3 is 0 Å². The zero-order chi connectivity index (χ0) is 14.0. The van der Waals surface area contributed by atoms with Crippen LogP contribution in [0.4, 0.5) is 0 Å². The number of rotatable bonds is 4. The summed E-state index contributed by atoms with van der Waals surface area (Å²) in [7, 11) is -2.84. The first kappa shape index (κ1) is 14.4. The number of aryl methyl sites for hydroxylation is 2. The molecule has 1 saturated heterocycles. The minimum atomic E-state index is -2.84. The van der Waals surface area contributed by atoms with Gasteiger partial charge in [0, 0.05) is 17.4 Å². The summed E-state index contributed by atoms with van der Waals surface area (Å²) >= 11 is 0. The molecule has 0 saturated carbocycles. The van der Waals surface area contributed by atoms with Gasteiger partial charge in [0.1, 0.15) is 5.82 Å². The largest absolute Gasteiger partial charge is 0.292 e. The molecule has 1 atom stereocenters. The molecule has 5 nitrogen and oxygen atoms in total. The lowest BCUT2D eigenvalue weighted by atomic mass is 10.2. The van der Waals surface area contributed by atoms with Crippen LogP contribution in [0.3, 0.4) is 0 Å². The van der Waals surface area contributed by atoms with Crippen LogP contribution in [0, 0.1) is 13.8 Å². The standard InChI is InChI=1S/C13H21N3O2S/c1-4-16(12-5-6-19(17,18)9-12)8-13-14-10(2)7-11(3)15-13/h7,12H,4-6,8-9H2,1-3H3/t12-/m1/s1. The highest BCUT2D eigenvalue weighted by Crippen LogP contribution is 2.19. The third-order valence-electron chi connectivity index (χ3n) is 3.50. The lowest BCUT2D eigenvalue weighted by molar-refractivity contribution is 0.209. The maximum atomic E-state index is 11.6. The van der Waals surface area contributed by atoms with E-state index in [-0.39, 0.29) is 11.8 Å². The Hall–Kier alpha value is -1.01. The number of hydrogen-bond donors (Lipinski definition) is 0. The summed E-state index contributed by atoms with van der Waals surface area (Å²) in [5.41, 5.74) is 1.91. The van der Waals surface area contributed by atoms with E-state index < -0.39 is 9.84 Å². The molecule has 1 aliphatic rings. The summed E-state index contributed by atoms with van der Waals surface area (Å²) < 4.78 is 23.1. The Kier molecular flexibility index (Phi) is 4.20. The van der Waals surface area contributed by atoms with Gasteiger partial charge in [-0.25, -0.2) is 18.4 Å². The van der Waals surface area contributed by atoms with Gasteiger partial charge in [0.05, 0.1) is 18.1 Å². The maximum absolute atomic E-state index is 11.6. The van der Waals surface area contributed by atoms with Crippen LogP contribution in [0.25, 0.3) is 0 Å². The quantitative estimate of drug-likeness (QED) is 0.828. The van der Waals surface area contributed by atoms with Crippen LogP contribution in [0.15, 0.2) is 6.07 Å². The predicted octanol–water partition coefficient (Wildman–Crippen LogP) is 1.10. The summed E-state index contributed by atoms with van der Waals surface area (Å²) in [5, 5.41) is 0. The summed E-state index contributed by atoms with van der Waals surface area (Å²) in [5.74, 6) is 1.36. The number of hydrogen-bond acceptors (Lipinski definition) is 5. The maximum Gasteiger partial charge on any atom is 0.151 e. The van der Waals surface area contributed by atoms with Crippen LogP contribution in [-0.2, 0) is 16.4 Å². The third-order valence-corrected chi connectivity index (χ3v) is 5.25. The molecule has 6 heteroatoms. The molecule has 19 heavy (non-hydrogen) atoms. The van der Waals surface area contributed by atoms with E-state index >= 15 is 0 Å². The minimum Gasteiger partial charge on any atom is -0.292 e. The normalized spacial score (nSPS) is 22.0. The van der Waals surface area contributed by atoms with Crippen molar-refractivity contribution in [1.82, 2.24) is 14.9 Å². The molecule has 0 aliphatic carbocycles. The van der Waals surface area contributed by atoms with Crippen LogP contribution in [-0.4, -0.2) is 47.4 Å². The van der Waals surface area contributed by atoms with E-state index in [0.29, 0.717) is 12.3 Å². The molecule has 0 bridgehead atoms. The number of sulfone groups is 1. The average Bonchev–Trinajstić information content (AvgIpc) is 2.65. The first-order valence-electron chi connectivity index (χ1n) is 6.65. The molecular formula is C13H21N3O2S. The zero-order valence-corrected chi connectivity index (χ0v) is 12.6. The van der Waals surface area contributed by atoms with E-state index in [9.17, 15) is 8.42 Å². The fourth-order valence-electron chi connectivity index (χ4n) is 2.61. The van der Waals surface area contributed by atoms with Crippen molar-refractivity contribution in [3.63, 3.8) is 0 Å². The predicted molar refractivity (Wildman–Crippen MR) is 74.6 cm³/mol. The third kappa shape index (κ3) is 3.73. The molecule has 0 amide bonds. The smallest absolute Gasteiger partial charge is 0.151 e. The van der Waals surface area contributed by atoms with Crippen molar-refractivity contribution in [2.45, 2.75) is 39.8 Å². The molecule has 2 heterocycles. The Balaban J connectivity index is 2.11. The van der Waals surface area contributed by atoms with Crippen molar-refractivity contribution in [3.8, 4) is 0 Å². The molecule has 0 spiro atoms. The number of nitrogens with zero attached hydrogens (tertiary/aromatic N) is 3. The van der Waals surface area contributed by atoms with E-state index in [4.69, 9.17) is 0 Å². The Bertz CT molecular complexity index is 537. The molecule has 0 unspecified atom stereocenters. The fourth-order valence-corrected chi connectivity index (χ4v) is 4.38. The van der Waals surface area contributed by atoms with Gasteiger partial charge >= 0.3 is 0 Å². The van der Waals surface area contributed by atoms with Gasteiger partial charge in [-0.1, -0.05) is 6.92 Å². The second kappa shape index (κ2) is 5.54. The van der Waals surface area contributed by atoms with Crippen molar-refractivity contribution >= 4 is 9.84 Å². The molecule has 1 aliphatic heterocycles. The average molecular weight is 283 g/mol. The van der Waals surface area contributed by atoms with Crippen LogP contribution in [0.1, 0.15) is 30.6 Å². The fraction of sp³-hybridized carbons (Fsp3) is 0.692. The Labute approximate surface area is 115 Å². The van der Waals surface area contributed by atoms with Crippen molar-refractivity contribution in [3.05, 3.63) is 23.3 Å². The first-order chi connectivity index (χ1) is 8.89. The molecular weight excluding hydrogens is 262 g/mol. The molecule has 0 aromatic carbocycles. The molecule has 2 rings (SSSR count). The molecule has 106 valence electrons. The van der Waals surface area contributed by atoms with E-state index in [0.717, 1.165) is 30.2 Å². The Morgan fingerprint density at radius 2 is 1.95 bits per heavy atom. The van der Waals surface area contributed by atoms with Crippen LogP contribution >= 0.6 is 0 Å². The van der Waals surface area contributed by atoms with Gasteiger partial charge in [-0.3, -0.25) is 4.90 Å². The van der Waals surface area contributed by atoms with Crippen molar-refractivity contribution in [2.75, 3.05) is 18.1 Å². The number of aromatic nitrogens is 2. The van der Waals surface area contributed by atoms with Gasteiger partial charge in [-0.2, -0.15) is 0 Å². The summed E-state index contributed by atoms with van der Waals surface area (Å²) in [4.78, 5) is 11.0. The highest BCUT2D eigenvalue weighted by atomic mass is 32.2. The van der Waals surface area contributed by atoms with Gasteiger partial charge in [0.15, 0.2) is 9.84 Å². The van der Waals surface area contributed by atoms with E-state index in [1.54, 1.807) is 0 Å². The highest BCUT2D eigenvalue weighted by molar-refractivity contribution is 7.91. The van der Waals surface area contributed by atoms with Gasteiger partial charge in [0.2, 0.25) is 0 Å². The summed E-state index contributed by atoms with van der Waals surface area (Å²) in [6, 6.07) is 2.05. The summed E-state index contributed by atoms with van der Waals surface area (Å²) in [6.45, 7) is 7.40. The lowest BCUT2D eigenvalue weighted by Gasteiger charge is -2.25. The molecule has 0 radical (unpaired) electrons. The Morgan fingerprint density at radius 3 is 2.42 bits per heavy atom. The van der Waals surface area contributed by atoms with Crippen molar-refractivity contribution < 1.29 is 8.42 Å². The van der Waals surface area contributed by atoms with Crippen molar-refractivity contribution in [2.24, 2.45) is 0 Å². The zero-order valence-electron chi connectivity index (χ0n) is 11.8. The topological polar surface area (TPSA) is 63.2 Å². The van der Waals surface area contributed by atoms with Gasteiger partial charge in [0.25, 0.3) is 0 Å². The molecule has 1 aromatic rings. The second-order valence-corrected chi connectivity index (χ2v) is 7.42. The second-order valence-electron chi connectivity index (χ2n) is 5.19. The lowest BCUT2D eigenvalue weighted by Crippen LogP contribution is -2.36. The van der Waals surface area contributed by atoms with Crippen LogP contribution < -0.4 is 0 Å². The van der Waals surface area contributed by atoms with Gasteiger partial charge in [-0.15, -0.1) is 0 Å². The Morgan fingerprint density at radius 1 is 1.32 bits per heavy atom. The molecule has 0 N–H and O–H groups in total.